The van der Waals surface area contributed by atoms with Crippen molar-refractivity contribution in [2.75, 3.05) is 6.61 Å². The topological polar surface area (TPSA) is 56.9 Å². The number of rotatable bonds is 4. The third kappa shape index (κ3) is 3.16. The van der Waals surface area contributed by atoms with Crippen LogP contribution in [0.4, 0.5) is 0 Å². The van der Waals surface area contributed by atoms with E-state index in [9.17, 15) is 0 Å². The Hall–Kier alpha value is -1.56. The van der Waals surface area contributed by atoms with Gasteiger partial charge in [0.25, 0.3) is 0 Å². The number of hydrogen-bond acceptors (Lipinski definition) is 4. The molecule has 1 aliphatic rings. The molecule has 2 N–H and O–H groups in total. The van der Waals surface area contributed by atoms with Gasteiger partial charge >= 0.3 is 0 Å². The van der Waals surface area contributed by atoms with E-state index < -0.39 is 8.32 Å². The molecule has 0 fully saturated rings. The summed E-state index contributed by atoms with van der Waals surface area (Å²) in [7, 11) is -1.77. The van der Waals surface area contributed by atoms with E-state index in [0.29, 0.717) is 18.0 Å². The largest absolute Gasteiger partial charge is 0.416 e. The Morgan fingerprint density at radius 3 is 2.44 bits per heavy atom. The van der Waals surface area contributed by atoms with Crippen LogP contribution < -0.4 is 0 Å². The first-order valence-electron chi connectivity index (χ1n) is 8.65. The third-order valence-electron chi connectivity index (χ3n) is 5.47. The molecule has 5 heteroatoms. The lowest BCUT2D eigenvalue weighted by Gasteiger charge is -2.36. The Bertz CT molecular complexity index is 846. The van der Waals surface area contributed by atoms with Crippen LogP contribution in [0.5, 0.6) is 0 Å². The van der Waals surface area contributed by atoms with Crippen molar-refractivity contribution < 1.29 is 4.43 Å². The normalized spacial score (nSPS) is 14.4. The molecule has 0 spiro atoms. The predicted octanol–water partition coefficient (Wildman–Crippen LogP) is 5.46. The van der Waals surface area contributed by atoms with Crippen LogP contribution in [0.25, 0.3) is 0 Å². The van der Waals surface area contributed by atoms with Crippen molar-refractivity contribution in [3.63, 3.8) is 0 Å². The molecular formula is C20H26N2OSSi. The molecule has 0 bridgehead atoms. The monoisotopic (exact) mass is 370 g/mol. The van der Waals surface area contributed by atoms with Gasteiger partial charge in [0.05, 0.1) is 16.3 Å². The van der Waals surface area contributed by atoms with Crippen LogP contribution in [0.1, 0.15) is 47.9 Å². The molecule has 1 aromatic heterocycles. The van der Waals surface area contributed by atoms with Gasteiger partial charge in [-0.05, 0) is 41.6 Å². The zero-order chi connectivity index (χ0) is 18.4. The predicted molar refractivity (Wildman–Crippen MR) is 109 cm³/mol. The molecule has 0 unspecified atom stereocenters. The highest BCUT2D eigenvalue weighted by Gasteiger charge is 2.37. The fraction of sp³-hybridized carbons (Fsp3) is 0.400. The van der Waals surface area contributed by atoms with Gasteiger partial charge < -0.3 is 4.43 Å². The lowest BCUT2D eigenvalue weighted by atomic mass is 9.84. The molecule has 1 aromatic carbocycles. The molecule has 3 rings (SSSR count). The molecule has 0 aliphatic heterocycles. The van der Waals surface area contributed by atoms with Crippen LogP contribution in [0.2, 0.25) is 18.1 Å². The van der Waals surface area contributed by atoms with Crippen molar-refractivity contribution in [2.24, 2.45) is 0 Å². The fourth-order valence-corrected chi connectivity index (χ4v) is 4.81. The summed E-state index contributed by atoms with van der Waals surface area (Å²) in [5.41, 5.74) is 4.89. The molecule has 1 aliphatic carbocycles. The Kier molecular flexibility index (Phi) is 4.60. The number of benzene rings is 1. The first-order valence-corrected chi connectivity index (χ1v) is 12.4. The molecule has 0 saturated heterocycles. The Balaban J connectivity index is 1.86. The van der Waals surface area contributed by atoms with E-state index in [1.165, 1.54) is 0 Å². The Morgan fingerprint density at radius 1 is 1.04 bits per heavy atom. The van der Waals surface area contributed by atoms with Crippen LogP contribution in [-0.2, 0) is 10.8 Å². The van der Waals surface area contributed by atoms with Gasteiger partial charge in [0, 0.05) is 23.3 Å². The summed E-state index contributed by atoms with van der Waals surface area (Å²) < 4.78 is 6.32. The molecule has 0 saturated carbocycles. The van der Waals surface area contributed by atoms with Crippen LogP contribution in [0.15, 0.2) is 29.6 Å². The molecule has 0 amide bonds. The van der Waals surface area contributed by atoms with E-state index in [0.717, 1.165) is 33.6 Å². The quantitative estimate of drug-likeness (QED) is 0.589. The number of nitrogens with one attached hydrogen (secondary N) is 2. The second-order valence-corrected chi connectivity index (χ2v) is 13.8. The summed E-state index contributed by atoms with van der Waals surface area (Å²) in [5, 5.41) is 19.3. The van der Waals surface area contributed by atoms with Crippen molar-refractivity contribution in [1.82, 2.24) is 0 Å². The minimum absolute atomic E-state index is 0.198. The third-order valence-corrected chi connectivity index (χ3v) is 10.9. The maximum absolute atomic E-state index is 8.64. The first-order chi connectivity index (χ1) is 11.6. The standard InChI is InChI=1S/C20H26N2OSSi/c1-20(2,3)25(4,5)23-11-9-13-7-6-8-14-16(13)18(22)19-15(17(14)21)10-12-24-19/h6-8,10,12,21-22H,9,11H2,1-5H3. The molecular weight excluding hydrogens is 344 g/mol. The van der Waals surface area contributed by atoms with Crippen LogP contribution in [0, 0.1) is 10.8 Å². The summed E-state index contributed by atoms with van der Waals surface area (Å²) in [4.78, 5) is 0.912. The van der Waals surface area contributed by atoms with E-state index in [1.54, 1.807) is 11.3 Å². The summed E-state index contributed by atoms with van der Waals surface area (Å²) >= 11 is 1.55. The SMILES string of the molecule is CC(C)(C)[Si](C)(C)OCCc1cccc2c1C(=N)c1sccc1C2=N. The number of hydrogen-bond donors (Lipinski definition) is 2. The van der Waals surface area contributed by atoms with E-state index in [1.807, 2.05) is 23.6 Å². The average Bonchev–Trinajstić information content (AvgIpc) is 3.01. The van der Waals surface area contributed by atoms with Gasteiger partial charge in [-0.3, -0.25) is 10.8 Å². The van der Waals surface area contributed by atoms with Gasteiger partial charge in [-0.25, -0.2) is 0 Å². The molecule has 2 aromatic rings. The van der Waals surface area contributed by atoms with E-state index in [4.69, 9.17) is 15.2 Å². The van der Waals surface area contributed by atoms with E-state index in [-0.39, 0.29) is 5.04 Å². The maximum atomic E-state index is 8.64. The fourth-order valence-electron chi connectivity index (χ4n) is 2.90. The van der Waals surface area contributed by atoms with Gasteiger partial charge in [-0.1, -0.05) is 39.0 Å². The van der Waals surface area contributed by atoms with Gasteiger partial charge in [-0.2, -0.15) is 0 Å². The molecule has 25 heavy (non-hydrogen) atoms. The van der Waals surface area contributed by atoms with Crippen molar-refractivity contribution >= 4 is 31.1 Å². The highest BCUT2D eigenvalue weighted by molar-refractivity contribution is 7.13. The smallest absolute Gasteiger partial charge is 0.191 e. The zero-order valence-corrected chi connectivity index (χ0v) is 17.4. The summed E-state index contributed by atoms with van der Waals surface area (Å²) in [6, 6.07) is 7.99. The molecule has 0 radical (unpaired) electrons. The van der Waals surface area contributed by atoms with Crippen molar-refractivity contribution in [3.8, 4) is 0 Å². The van der Waals surface area contributed by atoms with E-state index >= 15 is 0 Å². The van der Waals surface area contributed by atoms with Gasteiger partial charge in [0.15, 0.2) is 8.32 Å². The van der Waals surface area contributed by atoms with E-state index in [2.05, 4.69) is 39.9 Å². The second-order valence-electron chi connectivity index (χ2n) is 8.11. The minimum Gasteiger partial charge on any atom is -0.416 e. The van der Waals surface area contributed by atoms with Crippen LogP contribution in [-0.4, -0.2) is 26.3 Å². The highest BCUT2D eigenvalue weighted by Crippen LogP contribution is 2.37. The number of fused-ring (bicyclic) bond motifs is 2. The molecule has 0 atom stereocenters. The average molecular weight is 371 g/mol. The van der Waals surface area contributed by atoms with Gasteiger partial charge in [0.2, 0.25) is 0 Å². The number of thiophene rings is 1. The molecule has 1 heterocycles. The molecule has 3 nitrogen and oxygen atoms in total. The van der Waals surface area contributed by atoms with Gasteiger partial charge in [0.1, 0.15) is 0 Å². The lowest BCUT2D eigenvalue weighted by Crippen LogP contribution is -2.41. The maximum Gasteiger partial charge on any atom is 0.191 e. The summed E-state index contributed by atoms with van der Waals surface area (Å²) in [5.74, 6) is 0. The van der Waals surface area contributed by atoms with Gasteiger partial charge in [-0.15, -0.1) is 11.3 Å². The van der Waals surface area contributed by atoms with Crippen molar-refractivity contribution in [2.45, 2.75) is 45.3 Å². The van der Waals surface area contributed by atoms with Crippen molar-refractivity contribution in [1.29, 1.82) is 10.8 Å². The zero-order valence-electron chi connectivity index (χ0n) is 15.6. The molecule has 132 valence electrons. The first kappa shape index (κ1) is 18.2. The summed E-state index contributed by atoms with van der Waals surface area (Å²) in [6.45, 7) is 12.0. The van der Waals surface area contributed by atoms with Crippen LogP contribution >= 0.6 is 11.3 Å². The summed E-state index contributed by atoms with van der Waals surface area (Å²) in [6.07, 6.45) is 0.784. The lowest BCUT2D eigenvalue weighted by molar-refractivity contribution is 0.292. The highest BCUT2D eigenvalue weighted by atomic mass is 32.1. The second kappa shape index (κ2) is 6.31. The van der Waals surface area contributed by atoms with Crippen molar-refractivity contribution in [3.05, 3.63) is 56.8 Å². The Morgan fingerprint density at radius 2 is 1.76 bits per heavy atom. The Labute approximate surface area is 155 Å². The van der Waals surface area contributed by atoms with Crippen LogP contribution in [0.3, 0.4) is 0 Å². The minimum atomic E-state index is -1.77.